The number of rotatable bonds is 4. The van der Waals surface area contributed by atoms with Gasteiger partial charge in [0.2, 0.25) is 6.79 Å². The van der Waals surface area contributed by atoms with Crippen LogP contribution in [0.5, 0.6) is 17.2 Å². The molecule has 0 unspecified atom stereocenters. The summed E-state index contributed by atoms with van der Waals surface area (Å²) in [6.07, 6.45) is 5.66. The number of aliphatic hydroxyl groups is 1. The van der Waals surface area contributed by atoms with E-state index in [1.165, 1.54) is 0 Å². The van der Waals surface area contributed by atoms with Crippen LogP contribution >= 0.6 is 0 Å². The van der Waals surface area contributed by atoms with Crippen molar-refractivity contribution < 1.29 is 19.3 Å². The summed E-state index contributed by atoms with van der Waals surface area (Å²) in [6.45, 7) is 0.513. The second kappa shape index (κ2) is 4.77. The molecule has 0 radical (unpaired) electrons. The summed E-state index contributed by atoms with van der Waals surface area (Å²) in [5.41, 5.74) is 0.668. The number of hydrogen-bond acceptors (Lipinski definition) is 4. The molecule has 0 aliphatic carbocycles. The van der Waals surface area contributed by atoms with Gasteiger partial charge in [-0.3, -0.25) is 0 Å². The van der Waals surface area contributed by atoms with Gasteiger partial charge in [-0.1, -0.05) is 0 Å². The summed E-state index contributed by atoms with van der Waals surface area (Å²) < 4.78 is 15.9. The maximum atomic E-state index is 9.19. The van der Waals surface area contributed by atoms with Crippen molar-refractivity contribution in [2.24, 2.45) is 0 Å². The molecular weight excluding hydrogens is 208 g/mol. The molecule has 1 aromatic carbocycles. The zero-order valence-corrected chi connectivity index (χ0v) is 8.73. The number of aliphatic hydroxyl groups excluding tert-OH is 1. The molecule has 0 saturated heterocycles. The maximum Gasteiger partial charge on any atom is 0.231 e. The first-order chi connectivity index (χ1) is 7.85. The maximum absolute atomic E-state index is 9.19. The van der Waals surface area contributed by atoms with Gasteiger partial charge in [0.25, 0.3) is 0 Å². The van der Waals surface area contributed by atoms with Gasteiger partial charge < -0.3 is 19.3 Å². The molecule has 0 aromatic heterocycles. The Labute approximate surface area is 93.7 Å². The predicted molar refractivity (Wildman–Crippen MR) is 57.4 cm³/mol. The Morgan fingerprint density at radius 3 is 2.81 bits per heavy atom. The van der Waals surface area contributed by atoms with Gasteiger partial charge in [0, 0.05) is 18.1 Å². The molecule has 4 heteroatoms. The lowest BCUT2D eigenvalue weighted by molar-refractivity contribution is 0.173. The Morgan fingerprint density at radius 1 is 1.38 bits per heavy atom. The van der Waals surface area contributed by atoms with E-state index < -0.39 is 0 Å². The quantitative estimate of drug-likeness (QED) is 0.614. The monoisotopic (exact) mass is 220 g/mol. The zero-order chi connectivity index (χ0) is 11.4. The van der Waals surface area contributed by atoms with Gasteiger partial charge >= 0.3 is 0 Å². The average Bonchev–Trinajstić information content (AvgIpc) is 2.75. The van der Waals surface area contributed by atoms with E-state index in [9.17, 15) is 5.11 Å². The minimum Gasteiger partial charge on any atom is -0.492 e. The van der Waals surface area contributed by atoms with Crippen LogP contribution in [0.25, 0.3) is 0 Å². The fraction of sp³-hybridized carbons (Fsp3) is 0.333. The molecule has 1 N–H and O–H groups in total. The van der Waals surface area contributed by atoms with Crippen LogP contribution in [0.15, 0.2) is 12.1 Å². The van der Waals surface area contributed by atoms with E-state index in [4.69, 9.17) is 20.6 Å². The van der Waals surface area contributed by atoms with Gasteiger partial charge in [-0.2, -0.15) is 0 Å². The van der Waals surface area contributed by atoms with Crippen LogP contribution in [-0.4, -0.2) is 18.5 Å². The second-order valence-electron chi connectivity index (χ2n) is 3.27. The van der Waals surface area contributed by atoms with Gasteiger partial charge in [-0.05, 0) is 6.07 Å². The van der Waals surface area contributed by atoms with E-state index >= 15 is 0 Å². The summed E-state index contributed by atoms with van der Waals surface area (Å²) in [5, 5.41) is 9.19. The van der Waals surface area contributed by atoms with Gasteiger partial charge in [0.05, 0.1) is 13.2 Å². The van der Waals surface area contributed by atoms with E-state index in [1.807, 2.05) is 0 Å². The van der Waals surface area contributed by atoms with Crippen LogP contribution in [0.4, 0.5) is 0 Å². The average molecular weight is 220 g/mol. The zero-order valence-electron chi connectivity index (χ0n) is 8.73. The van der Waals surface area contributed by atoms with Crippen molar-refractivity contribution >= 4 is 0 Å². The lowest BCUT2D eigenvalue weighted by Crippen LogP contribution is -1.99. The molecule has 0 amide bonds. The molecule has 0 atom stereocenters. The highest BCUT2D eigenvalue weighted by Crippen LogP contribution is 2.38. The Bertz CT molecular complexity index is 420. The highest BCUT2D eigenvalue weighted by atomic mass is 16.7. The Balaban J connectivity index is 2.19. The first kappa shape index (κ1) is 10.7. The fourth-order valence-corrected chi connectivity index (χ4v) is 1.44. The minimum absolute atomic E-state index is 0.109. The van der Waals surface area contributed by atoms with Crippen molar-refractivity contribution in [2.45, 2.75) is 13.0 Å². The summed E-state index contributed by atoms with van der Waals surface area (Å²) in [6, 6.07) is 3.43. The third kappa shape index (κ3) is 2.05. The predicted octanol–water partition coefficient (Wildman–Crippen LogP) is 1.31. The molecule has 1 aliphatic heterocycles. The van der Waals surface area contributed by atoms with E-state index in [-0.39, 0.29) is 13.4 Å². The molecule has 4 nitrogen and oxygen atoms in total. The summed E-state index contributed by atoms with van der Waals surface area (Å²) >= 11 is 0. The van der Waals surface area contributed by atoms with Crippen LogP contribution in [-0.2, 0) is 6.61 Å². The number of hydrogen-bond donors (Lipinski definition) is 1. The Kier molecular flexibility index (Phi) is 3.18. The smallest absolute Gasteiger partial charge is 0.231 e. The largest absolute Gasteiger partial charge is 0.492 e. The first-order valence-corrected chi connectivity index (χ1v) is 4.95. The van der Waals surface area contributed by atoms with Crippen LogP contribution < -0.4 is 14.2 Å². The van der Waals surface area contributed by atoms with Crippen molar-refractivity contribution in [1.29, 1.82) is 0 Å². The van der Waals surface area contributed by atoms with Gasteiger partial charge in [0.15, 0.2) is 11.5 Å². The Morgan fingerprint density at radius 2 is 2.12 bits per heavy atom. The number of benzene rings is 1. The van der Waals surface area contributed by atoms with Gasteiger partial charge in [0.1, 0.15) is 5.75 Å². The Hall–Kier alpha value is -1.86. The standard InChI is InChI=1S/C12H12O4/c1-2-3-4-14-10-6-12-11(15-8-16-12)5-9(10)7-13/h1,5-6,13H,3-4,7-8H2. The topological polar surface area (TPSA) is 47.9 Å². The molecule has 0 fully saturated rings. The third-order valence-electron chi connectivity index (χ3n) is 2.23. The molecule has 0 bridgehead atoms. The SMILES string of the molecule is C#CCCOc1cc2c(cc1CO)OCO2. The number of terminal acetylenes is 1. The highest BCUT2D eigenvalue weighted by molar-refractivity contribution is 5.51. The van der Waals surface area contributed by atoms with Crippen molar-refractivity contribution in [3.63, 3.8) is 0 Å². The lowest BCUT2D eigenvalue weighted by atomic mass is 10.2. The molecule has 84 valence electrons. The molecule has 2 rings (SSSR count). The summed E-state index contributed by atoms with van der Waals surface area (Å²) in [5.74, 6) is 4.33. The van der Waals surface area contributed by atoms with E-state index in [0.29, 0.717) is 35.8 Å². The van der Waals surface area contributed by atoms with E-state index in [0.717, 1.165) is 0 Å². The highest BCUT2D eigenvalue weighted by Gasteiger charge is 2.17. The van der Waals surface area contributed by atoms with Crippen molar-refractivity contribution in [2.75, 3.05) is 13.4 Å². The lowest BCUT2D eigenvalue weighted by Gasteiger charge is -2.09. The summed E-state index contributed by atoms with van der Waals surface area (Å²) in [4.78, 5) is 0. The van der Waals surface area contributed by atoms with Gasteiger partial charge in [-0.25, -0.2) is 0 Å². The van der Waals surface area contributed by atoms with Crippen molar-refractivity contribution in [3.05, 3.63) is 17.7 Å². The number of ether oxygens (including phenoxy) is 3. The fourth-order valence-electron chi connectivity index (χ4n) is 1.44. The van der Waals surface area contributed by atoms with Gasteiger partial charge in [-0.15, -0.1) is 12.3 Å². The molecule has 0 spiro atoms. The minimum atomic E-state index is -0.109. The molecule has 16 heavy (non-hydrogen) atoms. The van der Waals surface area contributed by atoms with Crippen LogP contribution in [0.3, 0.4) is 0 Å². The molecule has 1 aliphatic rings. The van der Waals surface area contributed by atoms with E-state index in [1.54, 1.807) is 12.1 Å². The van der Waals surface area contributed by atoms with Crippen LogP contribution in [0.2, 0.25) is 0 Å². The third-order valence-corrected chi connectivity index (χ3v) is 2.23. The van der Waals surface area contributed by atoms with E-state index in [2.05, 4.69) is 5.92 Å². The normalized spacial score (nSPS) is 12.2. The number of fused-ring (bicyclic) bond motifs is 1. The summed E-state index contributed by atoms with van der Waals surface area (Å²) in [7, 11) is 0. The van der Waals surface area contributed by atoms with Crippen LogP contribution in [0.1, 0.15) is 12.0 Å². The second-order valence-corrected chi connectivity index (χ2v) is 3.27. The van der Waals surface area contributed by atoms with Crippen molar-refractivity contribution in [1.82, 2.24) is 0 Å². The first-order valence-electron chi connectivity index (χ1n) is 4.95. The van der Waals surface area contributed by atoms with Crippen molar-refractivity contribution in [3.8, 4) is 29.6 Å². The molecule has 1 heterocycles. The molecular formula is C12H12O4. The van der Waals surface area contributed by atoms with Crippen LogP contribution in [0, 0.1) is 12.3 Å². The molecule has 1 aromatic rings. The molecule has 0 saturated carbocycles.